The van der Waals surface area contributed by atoms with Crippen LogP contribution in [0.4, 0.5) is 4.79 Å². The van der Waals surface area contributed by atoms with E-state index < -0.39 is 34.0 Å². The number of amides is 1. The van der Waals surface area contributed by atoms with Crippen LogP contribution in [0.1, 0.15) is 106 Å². The normalized spacial score (nSPS) is 15.1. The molecule has 7 N–H and O–H groups in total. The molecule has 1 fully saturated rings. The van der Waals surface area contributed by atoms with E-state index in [4.69, 9.17) is 21.6 Å². The van der Waals surface area contributed by atoms with Gasteiger partial charge in [-0.1, -0.05) is 47.6 Å². The summed E-state index contributed by atoms with van der Waals surface area (Å²) in [6.07, 6.45) is -1.85. The molecule has 1 aliphatic heterocycles. The summed E-state index contributed by atoms with van der Waals surface area (Å²) < 4.78 is 35.2. The molecule has 0 saturated carbocycles. The van der Waals surface area contributed by atoms with Crippen molar-refractivity contribution < 1.29 is 27.9 Å². The Hall–Kier alpha value is -3.19. The number of hydrogen-bond donors (Lipinski definition) is 5. The molecule has 0 bridgehead atoms. The van der Waals surface area contributed by atoms with Crippen LogP contribution in [-0.4, -0.2) is 68.5 Å². The number of carbonyl (C=O) groups is 2. The summed E-state index contributed by atoms with van der Waals surface area (Å²) in [6.45, 7) is 15.9. The number of nitrogens with two attached hydrogens (primary N) is 2. The number of nitrogens with zero attached hydrogens (tertiary/aromatic N) is 1. The van der Waals surface area contributed by atoms with E-state index in [9.17, 15) is 23.1 Å². The van der Waals surface area contributed by atoms with Crippen LogP contribution >= 0.6 is 12.4 Å². The number of benzene rings is 2. The molecule has 13 heteroatoms. The lowest BCUT2D eigenvalue weighted by atomic mass is 9.83. The number of ether oxygens (including phenoxy) is 1. The van der Waals surface area contributed by atoms with Crippen molar-refractivity contribution in [1.29, 1.82) is 5.41 Å². The van der Waals surface area contributed by atoms with Crippen molar-refractivity contribution in [2.45, 2.75) is 94.6 Å². The number of piperazine rings is 1. The molecular formula is C32H48ClN5O6S. The number of rotatable bonds is 11. The molecule has 45 heavy (non-hydrogen) atoms. The van der Waals surface area contributed by atoms with Crippen LogP contribution < -0.4 is 16.8 Å². The minimum atomic E-state index is -4.28. The average molecular weight is 666 g/mol. The van der Waals surface area contributed by atoms with Gasteiger partial charge in [0.1, 0.15) is 18.0 Å². The predicted molar refractivity (Wildman–Crippen MR) is 178 cm³/mol. The summed E-state index contributed by atoms with van der Waals surface area (Å²) in [5.41, 5.74) is 15.1. The Bertz CT molecular complexity index is 1520. The number of halogens is 1. The number of sulfone groups is 1. The first-order chi connectivity index (χ1) is 20.5. The van der Waals surface area contributed by atoms with Gasteiger partial charge in [-0.2, -0.15) is 0 Å². The van der Waals surface area contributed by atoms with Gasteiger partial charge >= 0.3 is 12.1 Å². The van der Waals surface area contributed by atoms with E-state index in [2.05, 4.69) is 19.2 Å². The number of aliphatic carboxylic acids is 1. The number of nitrogen functional groups attached to an aromatic ring is 1. The van der Waals surface area contributed by atoms with Crippen LogP contribution in [0, 0.1) is 5.41 Å². The van der Waals surface area contributed by atoms with Crippen molar-refractivity contribution in [3.05, 3.63) is 57.6 Å². The molecule has 2 aromatic rings. The number of nitrogens with one attached hydrogen (secondary N) is 2. The van der Waals surface area contributed by atoms with Crippen LogP contribution in [0.2, 0.25) is 0 Å². The minimum absolute atomic E-state index is 0. The van der Waals surface area contributed by atoms with Crippen molar-refractivity contribution in [3.8, 4) is 0 Å². The third kappa shape index (κ3) is 8.35. The monoisotopic (exact) mass is 665 g/mol. The van der Waals surface area contributed by atoms with E-state index in [0.717, 1.165) is 11.1 Å². The van der Waals surface area contributed by atoms with Gasteiger partial charge in [0.05, 0.1) is 9.79 Å². The van der Waals surface area contributed by atoms with Crippen LogP contribution in [0.3, 0.4) is 0 Å². The standard InChI is InChI=1S/C32H47N5O6S.ClH/c1-17(2)22-8-9-26(29(19(5)6)28(22)18(3)4)44(41,42)27-16-23(20(7)43-32(40)37-12-10-36-11-13-37)24(30(34)35)14-21(27)15-25(33)31(38)39;/h8-9,14,16-20,25,36H,10-13,15,33H2,1-7H3,(H3,34,35)(H,38,39);1H/t20?,25-;/m0./s1. The minimum Gasteiger partial charge on any atom is -0.480 e. The highest BCUT2D eigenvalue weighted by atomic mass is 35.5. The first kappa shape index (κ1) is 38.0. The predicted octanol–water partition coefficient (Wildman–Crippen LogP) is 4.65. The highest BCUT2D eigenvalue weighted by Crippen LogP contribution is 2.41. The van der Waals surface area contributed by atoms with Gasteiger partial charge in [0, 0.05) is 37.3 Å². The van der Waals surface area contributed by atoms with Crippen molar-refractivity contribution in [2.24, 2.45) is 11.5 Å². The summed E-state index contributed by atoms with van der Waals surface area (Å²) >= 11 is 0. The van der Waals surface area contributed by atoms with Crippen LogP contribution in [0.25, 0.3) is 0 Å². The Morgan fingerprint density at radius 3 is 2.02 bits per heavy atom. The number of amidine groups is 1. The molecule has 0 aliphatic carbocycles. The first-order valence-electron chi connectivity index (χ1n) is 15.1. The summed E-state index contributed by atoms with van der Waals surface area (Å²) in [6, 6.07) is 4.82. The fourth-order valence-corrected chi connectivity index (χ4v) is 7.70. The number of hydrogen-bond acceptors (Lipinski definition) is 8. The Morgan fingerprint density at radius 1 is 0.956 bits per heavy atom. The second-order valence-corrected chi connectivity index (χ2v) is 14.2. The summed E-state index contributed by atoms with van der Waals surface area (Å²) in [7, 11) is -4.28. The van der Waals surface area contributed by atoms with Crippen molar-refractivity contribution >= 4 is 40.1 Å². The second kappa shape index (κ2) is 15.4. The zero-order chi connectivity index (χ0) is 33.1. The lowest BCUT2D eigenvalue weighted by molar-refractivity contribution is -0.138. The zero-order valence-electron chi connectivity index (χ0n) is 27.1. The Labute approximate surface area is 272 Å². The number of carboxylic acids is 1. The second-order valence-electron chi connectivity index (χ2n) is 12.3. The van der Waals surface area contributed by atoms with Crippen LogP contribution in [0.15, 0.2) is 34.1 Å². The molecule has 1 aliphatic rings. The van der Waals surface area contributed by atoms with Gasteiger partial charge in [-0.3, -0.25) is 10.2 Å². The summed E-state index contributed by atoms with van der Waals surface area (Å²) in [5, 5.41) is 21.0. The Balaban J connectivity index is 0.00000705. The Morgan fingerprint density at radius 2 is 1.53 bits per heavy atom. The topological polar surface area (TPSA) is 189 Å². The largest absolute Gasteiger partial charge is 0.480 e. The molecule has 250 valence electrons. The van der Waals surface area contributed by atoms with E-state index in [1.165, 1.54) is 12.1 Å². The highest BCUT2D eigenvalue weighted by Gasteiger charge is 2.33. The van der Waals surface area contributed by atoms with Gasteiger partial charge in [-0.25, -0.2) is 13.2 Å². The summed E-state index contributed by atoms with van der Waals surface area (Å²) in [5.74, 6) is -1.62. The molecule has 3 rings (SSSR count). The van der Waals surface area contributed by atoms with Gasteiger partial charge in [0.2, 0.25) is 9.84 Å². The molecule has 1 amide bonds. The van der Waals surface area contributed by atoms with E-state index in [-0.39, 0.29) is 68.9 Å². The van der Waals surface area contributed by atoms with Crippen LogP contribution in [-0.2, 0) is 25.8 Å². The molecule has 0 radical (unpaired) electrons. The molecule has 2 aromatic carbocycles. The maximum atomic E-state index is 14.7. The maximum absolute atomic E-state index is 14.7. The molecule has 1 unspecified atom stereocenters. The highest BCUT2D eigenvalue weighted by molar-refractivity contribution is 7.91. The third-order valence-electron chi connectivity index (χ3n) is 8.01. The lowest BCUT2D eigenvalue weighted by Gasteiger charge is -2.29. The van der Waals surface area contributed by atoms with Crippen molar-refractivity contribution in [3.63, 3.8) is 0 Å². The van der Waals surface area contributed by atoms with E-state index in [1.54, 1.807) is 17.9 Å². The molecule has 0 aromatic heterocycles. The lowest BCUT2D eigenvalue weighted by Crippen LogP contribution is -2.46. The molecule has 0 spiro atoms. The number of carboxylic acid groups (broad SMARTS) is 1. The third-order valence-corrected chi connectivity index (χ3v) is 9.90. The first-order valence-corrected chi connectivity index (χ1v) is 16.5. The molecule has 1 heterocycles. The van der Waals surface area contributed by atoms with Gasteiger partial charge in [0.25, 0.3) is 0 Å². The van der Waals surface area contributed by atoms with Crippen molar-refractivity contribution in [2.75, 3.05) is 26.2 Å². The van der Waals surface area contributed by atoms with Crippen LogP contribution in [0.5, 0.6) is 0 Å². The van der Waals surface area contributed by atoms with Gasteiger partial charge in [-0.15, -0.1) is 12.4 Å². The Kier molecular flexibility index (Phi) is 13.0. The molecular weight excluding hydrogens is 618 g/mol. The zero-order valence-corrected chi connectivity index (χ0v) is 28.8. The maximum Gasteiger partial charge on any atom is 0.410 e. The fourth-order valence-electron chi connectivity index (χ4n) is 5.81. The van der Waals surface area contributed by atoms with Crippen molar-refractivity contribution in [1.82, 2.24) is 10.2 Å². The average Bonchev–Trinajstić information content (AvgIpc) is 2.95. The van der Waals surface area contributed by atoms with Gasteiger partial charge in [0.15, 0.2) is 0 Å². The quantitative estimate of drug-likeness (QED) is 0.168. The number of carbonyl (C=O) groups excluding carboxylic acids is 1. The molecule has 1 saturated heterocycles. The van der Waals surface area contributed by atoms with Gasteiger partial charge < -0.3 is 31.5 Å². The van der Waals surface area contributed by atoms with Gasteiger partial charge in [-0.05, 0) is 71.6 Å². The molecule has 11 nitrogen and oxygen atoms in total. The van der Waals surface area contributed by atoms with E-state index in [1.807, 2.05) is 33.8 Å². The van der Waals surface area contributed by atoms with E-state index in [0.29, 0.717) is 31.7 Å². The fraction of sp³-hybridized carbons (Fsp3) is 0.531. The SMILES string of the molecule is CC(C)c1ccc(S(=O)(=O)c2cc(C(C)OC(=O)N3CCNCC3)c(C(=N)N)cc2C[C@H](N)C(=O)O)c(C(C)C)c1C(C)C.Cl. The molecule has 2 atom stereocenters. The summed E-state index contributed by atoms with van der Waals surface area (Å²) in [4.78, 5) is 26.2. The smallest absolute Gasteiger partial charge is 0.410 e. The van der Waals surface area contributed by atoms with E-state index >= 15 is 0 Å².